The van der Waals surface area contributed by atoms with Crippen LogP contribution >= 0.6 is 22.9 Å². The van der Waals surface area contributed by atoms with E-state index >= 15 is 0 Å². The molecule has 0 aliphatic rings. The Morgan fingerprint density at radius 3 is 2.64 bits per heavy atom. The Bertz CT molecular complexity index is 1090. The predicted octanol–water partition coefficient (Wildman–Crippen LogP) is 3.28. The zero-order valence-electron chi connectivity index (χ0n) is 14.9. The van der Waals surface area contributed by atoms with Gasteiger partial charge in [0.05, 0.1) is 12.3 Å². The standard InChI is InChI=1S/C18H15ClN4O4S/c1-3-27-17(26)13-9(2)21-18(28-13)23-16(25)12-8-20-14(22-15(12)24)10-4-6-11(19)7-5-10/h4-8H,3H2,1-2H3,(H,20,22,24)(H,21,23,25). The number of halogens is 1. The third-order valence-electron chi connectivity index (χ3n) is 3.64. The van der Waals surface area contributed by atoms with Crippen LogP contribution in [0.5, 0.6) is 0 Å². The molecule has 8 nitrogen and oxygen atoms in total. The van der Waals surface area contributed by atoms with Gasteiger partial charge in [0, 0.05) is 16.8 Å². The summed E-state index contributed by atoms with van der Waals surface area (Å²) < 4.78 is 4.94. The quantitative estimate of drug-likeness (QED) is 0.614. The molecular formula is C18H15ClN4O4S. The number of thiazole rings is 1. The number of ether oxygens (including phenoxy) is 1. The van der Waals surface area contributed by atoms with Crippen molar-refractivity contribution in [2.24, 2.45) is 0 Å². The summed E-state index contributed by atoms with van der Waals surface area (Å²) in [5.74, 6) is -0.877. The highest BCUT2D eigenvalue weighted by atomic mass is 35.5. The van der Waals surface area contributed by atoms with Crippen LogP contribution < -0.4 is 10.9 Å². The summed E-state index contributed by atoms with van der Waals surface area (Å²) in [6.07, 6.45) is 1.19. The normalized spacial score (nSPS) is 10.5. The van der Waals surface area contributed by atoms with Crippen molar-refractivity contribution in [2.75, 3.05) is 11.9 Å². The van der Waals surface area contributed by atoms with Gasteiger partial charge in [-0.3, -0.25) is 14.9 Å². The number of carbonyl (C=O) groups is 2. The smallest absolute Gasteiger partial charge is 0.350 e. The summed E-state index contributed by atoms with van der Waals surface area (Å²) in [5, 5.41) is 3.25. The lowest BCUT2D eigenvalue weighted by Gasteiger charge is -2.04. The van der Waals surface area contributed by atoms with Gasteiger partial charge in [0.25, 0.3) is 11.5 Å². The fraction of sp³-hybridized carbons (Fsp3) is 0.167. The van der Waals surface area contributed by atoms with Crippen LogP contribution in [-0.2, 0) is 4.74 Å². The van der Waals surface area contributed by atoms with Crippen LogP contribution in [0, 0.1) is 6.92 Å². The Labute approximate surface area is 168 Å². The maximum atomic E-state index is 12.4. The third-order valence-corrected chi connectivity index (χ3v) is 4.94. The van der Waals surface area contributed by atoms with Crippen molar-refractivity contribution in [3.05, 3.63) is 62.0 Å². The van der Waals surface area contributed by atoms with Crippen molar-refractivity contribution in [2.45, 2.75) is 13.8 Å². The van der Waals surface area contributed by atoms with Crippen molar-refractivity contribution in [3.63, 3.8) is 0 Å². The maximum absolute atomic E-state index is 12.4. The Balaban J connectivity index is 1.80. The minimum Gasteiger partial charge on any atom is -0.462 e. The first-order valence-corrected chi connectivity index (χ1v) is 9.39. The monoisotopic (exact) mass is 418 g/mol. The van der Waals surface area contributed by atoms with Crippen molar-refractivity contribution in [3.8, 4) is 11.4 Å². The molecule has 1 amide bonds. The number of anilines is 1. The zero-order chi connectivity index (χ0) is 20.3. The highest BCUT2D eigenvalue weighted by Gasteiger charge is 2.19. The molecule has 0 fully saturated rings. The summed E-state index contributed by atoms with van der Waals surface area (Å²) in [5.41, 5.74) is 0.312. The Hall–Kier alpha value is -3.04. The molecule has 2 aromatic heterocycles. The number of rotatable bonds is 5. The van der Waals surface area contributed by atoms with Crippen molar-refractivity contribution < 1.29 is 14.3 Å². The molecule has 144 valence electrons. The second kappa shape index (κ2) is 8.32. The van der Waals surface area contributed by atoms with E-state index in [1.54, 1.807) is 38.1 Å². The number of benzene rings is 1. The van der Waals surface area contributed by atoms with E-state index in [4.69, 9.17) is 16.3 Å². The van der Waals surface area contributed by atoms with Gasteiger partial charge < -0.3 is 9.72 Å². The number of aromatic amines is 1. The van der Waals surface area contributed by atoms with Gasteiger partial charge in [-0.1, -0.05) is 22.9 Å². The van der Waals surface area contributed by atoms with Gasteiger partial charge in [-0.15, -0.1) is 0 Å². The highest BCUT2D eigenvalue weighted by molar-refractivity contribution is 7.17. The van der Waals surface area contributed by atoms with Gasteiger partial charge in [-0.05, 0) is 38.1 Å². The molecule has 0 radical (unpaired) electrons. The first-order chi connectivity index (χ1) is 13.4. The van der Waals surface area contributed by atoms with Gasteiger partial charge >= 0.3 is 5.97 Å². The molecule has 3 aromatic rings. The number of aromatic nitrogens is 3. The fourth-order valence-electron chi connectivity index (χ4n) is 2.31. The van der Waals surface area contributed by atoms with Crippen LogP contribution in [0.1, 0.15) is 32.6 Å². The lowest BCUT2D eigenvalue weighted by Crippen LogP contribution is -2.24. The van der Waals surface area contributed by atoms with E-state index in [0.29, 0.717) is 27.0 Å². The fourth-order valence-corrected chi connectivity index (χ4v) is 3.29. The van der Waals surface area contributed by atoms with Crippen molar-refractivity contribution >= 4 is 39.9 Å². The van der Waals surface area contributed by atoms with E-state index in [0.717, 1.165) is 11.3 Å². The minimum atomic E-state index is -0.680. The largest absolute Gasteiger partial charge is 0.462 e. The van der Waals surface area contributed by atoms with Crippen LogP contribution in [0.15, 0.2) is 35.3 Å². The van der Waals surface area contributed by atoms with Crippen LogP contribution in [0.25, 0.3) is 11.4 Å². The molecule has 0 unspecified atom stereocenters. The lowest BCUT2D eigenvalue weighted by molar-refractivity contribution is 0.0531. The van der Waals surface area contributed by atoms with Gasteiger partial charge in [0.1, 0.15) is 16.3 Å². The Morgan fingerprint density at radius 1 is 1.29 bits per heavy atom. The summed E-state index contributed by atoms with van der Waals surface area (Å²) >= 11 is 6.82. The molecule has 0 bridgehead atoms. The van der Waals surface area contributed by atoms with Crippen molar-refractivity contribution in [1.29, 1.82) is 0 Å². The average molecular weight is 419 g/mol. The van der Waals surface area contributed by atoms with E-state index in [1.165, 1.54) is 6.20 Å². The first-order valence-electron chi connectivity index (χ1n) is 8.20. The average Bonchev–Trinajstić information content (AvgIpc) is 3.02. The molecule has 3 rings (SSSR count). The second-order valence-corrected chi connectivity index (χ2v) is 7.03. The topological polar surface area (TPSA) is 114 Å². The van der Waals surface area contributed by atoms with E-state index in [-0.39, 0.29) is 17.3 Å². The summed E-state index contributed by atoms with van der Waals surface area (Å²) in [7, 11) is 0. The van der Waals surface area contributed by atoms with Gasteiger partial charge in [0.15, 0.2) is 5.13 Å². The lowest BCUT2D eigenvalue weighted by atomic mass is 10.2. The van der Waals surface area contributed by atoms with Gasteiger partial charge in [-0.25, -0.2) is 14.8 Å². The molecule has 0 aliphatic carbocycles. The van der Waals surface area contributed by atoms with Crippen LogP contribution in [0.4, 0.5) is 5.13 Å². The minimum absolute atomic E-state index is 0.178. The molecule has 0 saturated carbocycles. The van der Waals surface area contributed by atoms with E-state index in [1.807, 2.05) is 0 Å². The molecular weight excluding hydrogens is 404 g/mol. The van der Waals surface area contributed by atoms with Gasteiger partial charge in [-0.2, -0.15) is 0 Å². The number of H-pyrrole nitrogens is 1. The summed E-state index contributed by atoms with van der Waals surface area (Å²) in [6.45, 7) is 3.57. The molecule has 1 aromatic carbocycles. The second-order valence-electron chi connectivity index (χ2n) is 5.59. The number of amides is 1. The van der Waals surface area contributed by atoms with Crippen LogP contribution in [-0.4, -0.2) is 33.4 Å². The number of hydrogen-bond donors (Lipinski definition) is 2. The highest BCUT2D eigenvalue weighted by Crippen LogP contribution is 2.24. The SMILES string of the molecule is CCOC(=O)c1sc(NC(=O)c2cnc(-c3ccc(Cl)cc3)[nH]c2=O)nc1C. The number of hydrogen-bond acceptors (Lipinski definition) is 7. The first kappa shape index (κ1) is 19.7. The number of nitrogens with one attached hydrogen (secondary N) is 2. The van der Waals surface area contributed by atoms with E-state index < -0.39 is 17.4 Å². The van der Waals surface area contributed by atoms with Crippen LogP contribution in [0.2, 0.25) is 5.02 Å². The molecule has 0 saturated heterocycles. The number of carbonyl (C=O) groups excluding carboxylic acids is 2. The Morgan fingerprint density at radius 2 is 2.00 bits per heavy atom. The third kappa shape index (κ3) is 4.26. The predicted molar refractivity (Wildman–Crippen MR) is 106 cm³/mol. The number of esters is 1. The summed E-state index contributed by atoms with van der Waals surface area (Å²) in [4.78, 5) is 47.7. The molecule has 2 N–H and O–H groups in total. The van der Waals surface area contributed by atoms with E-state index in [9.17, 15) is 14.4 Å². The molecule has 2 heterocycles. The van der Waals surface area contributed by atoms with Crippen LogP contribution in [0.3, 0.4) is 0 Å². The van der Waals surface area contributed by atoms with Gasteiger partial charge in [0.2, 0.25) is 0 Å². The summed E-state index contributed by atoms with van der Waals surface area (Å²) in [6, 6.07) is 6.75. The van der Waals surface area contributed by atoms with E-state index in [2.05, 4.69) is 20.3 Å². The zero-order valence-corrected chi connectivity index (χ0v) is 16.5. The molecule has 10 heteroatoms. The molecule has 28 heavy (non-hydrogen) atoms. The van der Waals surface area contributed by atoms with Crippen molar-refractivity contribution in [1.82, 2.24) is 15.0 Å². The maximum Gasteiger partial charge on any atom is 0.350 e. The number of aryl methyl sites for hydroxylation is 1. The number of nitrogens with zero attached hydrogens (tertiary/aromatic N) is 2. The Kier molecular flexibility index (Phi) is 5.86. The molecule has 0 spiro atoms. The molecule has 0 atom stereocenters. The molecule has 0 aliphatic heterocycles.